The Balaban J connectivity index is 2.10. The van der Waals surface area contributed by atoms with Gasteiger partial charge in [0.15, 0.2) is 11.5 Å². The Kier molecular flexibility index (Phi) is 4.07. The average molecular weight is 399 g/mol. The molecule has 7 nitrogen and oxygen atoms in total. The van der Waals surface area contributed by atoms with Crippen LogP contribution in [0.2, 0.25) is 0 Å². The summed E-state index contributed by atoms with van der Waals surface area (Å²) in [5, 5.41) is 7.77. The molecule has 0 atom stereocenters. The summed E-state index contributed by atoms with van der Waals surface area (Å²) in [4.78, 5) is 8.26. The lowest BCUT2D eigenvalue weighted by Crippen LogP contribution is -2.40. The molecule has 0 aliphatic rings. The number of aromatic nitrogens is 4. The number of benzene rings is 1. The predicted molar refractivity (Wildman–Crippen MR) is 106 cm³/mol. The number of aromatic amines is 1. The van der Waals surface area contributed by atoms with Crippen LogP contribution in [0.5, 0.6) is 0 Å². The van der Waals surface area contributed by atoms with Crippen LogP contribution < -0.4 is 4.31 Å². The average Bonchev–Trinajstić information content (AvgIpc) is 3.04. The first-order valence-electron chi connectivity index (χ1n) is 8.58. The van der Waals surface area contributed by atoms with Crippen molar-refractivity contribution in [2.45, 2.75) is 25.5 Å². The van der Waals surface area contributed by atoms with Crippen LogP contribution in [-0.4, -0.2) is 33.3 Å². The molecular formula is C19H18FN5O2S. The highest BCUT2D eigenvalue weighted by molar-refractivity contribution is 7.94. The van der Waals surface area contributed by atoms with Gasteiger partial charge >= 0.3 is 0 Å². The minimum absolute atomic E-state index is 0.0632. The summed E-state index contributed by atoms with van der Waals surface area (Å²) in [5.74, 6) is -0.517. The lowest BCUT2D eigenvalue weighted by Gasteiger charge is -2.30. The van der Waals surface area contributed by atoms with Crippen molar-refractivity contribution in [3.63, 3.8) is 0 Å². The van der Waals surface area contributed by atoms with Gasteiger partial charge in [0.25, 0.3) is 0 Å². The van der Waals surface area contributed by atoms with E-state index < -0.39 is 20.6 Å². The number of H-pyrrole nitrogens is 1. The topological polar surface area (TPSA) is 91.8 Å². The molecule has 4 aromatic rings. The second-order valence-corrected chi connectivity index (χ2v) is 9.87. The molecule has 3 aromatic heterocycles. The number of nitrogens with one attached hydrogen (secondary N) is 1. The van der Waals surface area contributed by atoms with Gasteiger partial charge in [-0.05, 0) is 39.0 Å². The van der Waals surface area contributed by atoms with Gasteiger partial charge in [-0.25, -0.2) is 22.1 Å². The number of hydrogen-bond donors (Lipinski definition) is 1. The first-order chi connectivity index (χ1) is 13.2. The van der Waals surface area contributed by atoms with Crippen molar-refractivity contribution in [3.8, 4) is 0 Å². The third-order valence-corrected chi connectivity index (χ3v) is 6.81. The van der Waals surface area contributed by atoms with Crippen LogP contribution in [0.25, 0.3) is 21.9 Å². The fraction of sp³-hybridized carbons (Fsp3) is 0.211. The molecule has 28 heavy (non-hydrogen) atoms. The van der Waals surface area contributed by atoms with E-state index in [1.165, 1.54) is 12.3 Å². The van der Waals surface area contributed by atoms with Gasteiger partial charge in [0.05, 0.1) is 27.5 Å². The quantitative estimate of drug-likeness (QED) is 0.564. The van der Waals surface area contributed by atoms with Gasteiger partial charge in [-0.15, -0.1) is 0 Å². The van der Waals surface area contributed by atoms with Crippen LogP contribution in [-0.2, 0) is 10.0 Å². The van der Waals surface area contributed by atoms with Gasteiger partial charge in [0.2, 0.25) is 10.0 Å². The van der Waals surface area contributed by atoms with E-state index in [-0.39, 0.29) is 11.2 Å². The first kappa shape index (κ1) is 18.3. The van der Waals surface area contributed by atoms with E-state index in [1.807, 2.05) is 6.07 Å². The molecule has 4 rings (SSSR count). The fourth-order valence-corrected chi connectivity index (χ4v) is 4.24. The zero-order chi connectivity index (χ0) is 20.1. The molecule has 0 radical (unpaired) electrons. The van der Waals surface area contributed by atoms with E-state index in [1.54, 1.807) is 45.0 Å². The molecule has 0 bridgehead atoms. The van der Waals surface area contributed by atoms with Crippen molar-refractivity contribution in [1.82, 2.24) is 20.2 Å². The lowest BCUT2D eigenvalue weighted by molar-refractivity contribution is 0.560. The number of halogens is 1. The maximum Gasteiger partial charge on any atom is 0.245 e. The maximum atomic E-state index is 13.9. The van der Waals surface area contributed by atoms with E-state index in [0.29, 0.717) is 22.2 Å². The molecule has 0 spiro atoms. The fourth-order valence-electron chi connectivity index (χ4n) is 2.91. The number of pyridine rings is 2. The molecule has 0 aliphatic heterocycles. The Morgan fingerprint density at radius 2 is 1.82 bits per heavy atom. The summed E-state index contributed by atoms with van der Waals surface area (Å²) in [5.41, 5.74) is 1.32. The van der Waals surface area contributed by atoms with Crippen LogP contribution in [0.3, 0.4) is 0 Å². The molecule has 9 heteroatoms. The monoisotopic (exact) mass is 399 g/mol. The number of fused-ring (bicyclic) bond motifs is 2. The normalized spacial score (nSPS) is 12.6. The second-order valence-electron chi connectivity index (χ2n) is 7.33. The molecule has 3 heterocycles. The highest BCUT2D eigenvalue weighted by Crippen LogP contribution is 2.39. The minimum Gasteiger partial charge on any atom is -0.259 e. The predicted octanol–water partition coefficient (Wildman–Crippen LogP) is 3.91. The maximum absolute atomic E-state index is 13.9. The Morgan fingerprint density at radius 3 is 2.57 bits per heavy atom. The molecular weight excluding hydrogens is 381 g/mol. The zero-order valence-corrected chi connectivity index (χ0v) is 16.3. The standard InChI is InChI=1S/C19H18FN5O2S/c1-19(2,3)28(26,27)25(16-8-9-21-15-7-5-4-6-13(15)16)18-14-10-12(20)11-22-17(14)23-24-18/h4-11H,1-3H3,(H,22,23,24). The van der Waals surface area contributed by atoms with Crippen LogP contribution >= 0.6 is 0 Å². The van der Waals surface area contributed by atoms with E-state index in [9.17, 15) is 12.8 Å². The van der Waals surface area contributed by atoms with Gasteiger partial charge in [-0.3, -0.25) is 10.1 Å². The summed E-state index contributed by atoms with van der Waals surface area (Å²) in [6.07, 6.45) is 2.59. The van der Waals surface area contributed by atoms with Crippen LogP contribution in [0.15, 0.2) is 48.8 Å². The van der Waals surface area contributed by atoms with Crippen molar-refractivity contribution in [1.29, 1.82) is 0 Å². The third kappa shape index (κ3) is 2.78. The van der Waals surface area contributed by atoms with Crippen molar-refractivity contribution in [2.24, 2.45) is 0 Å². The van der Waals surface area contributed by atoms with Crippen molar-refractivity contribution in [2.75, 3.05) is 4.31 Å². The molecule has 1 aromatic carbocycles. The first-order valence-corrected chi connectivity index (χ1v) is 10.0. The van der Waals surface area contributed by atoms with Gasteiger partial charge in [0, 0.05) is 11.6 Å². The van der Waals surface area contributed by atoms with Crippen molar-refractivity contribution in [3.05, 3.63) is 54.6 Å². The molecule has 0 unspecified atom stereocenters. The zero-order valence-electron chi connectivity index (χ0n) is 15.5. The van der Waals surface area contributed by atoms with Crippen LogP contribution in [0.1, 0.15) is 20.8 Å². The van der Waals surface area contributed by atoms with Crippen molar-refractivity contribution >= 4 is 43.5 Å². The molecule has 144 valence electrons. The number of hydrogen-bond acceptors (Lipinski definition) is 5. The highest BCUT2D eigenvalue weighted by atomic mass is 32.2. The number of nitrogens with zero attached hydrogens (tertiary/aromatic N) is 4. The largest absolute Gasteiger partial charge is 0.259 e. The van der Waals surface area contributed by atoms with E-state index in [2.05, 4.69) is 20.2 Å². The van der Waals surface area contributed by atoms with Crippen molar-refractivity contribution < 1.29 is 12.8 Å². The number of para-hydroxylation sites is 1. The Hall–Kier alpha value is -3.07. The van der Waals surface area contributed by atoms with Gasteiger partial charge < -0.3 is 0 Å². The SMILES string of the molecule is CC(C)(C)S(=O)(=O)N(c1ccnc2ccccc12)c1n[nH]c2ncc(F)cc12. The molecule has 1 N–H and O–H groups in total. The highest BCUT2D eigenvalue weighted by Gasteiger charge is 2.39. The smallest absolute Gasteiger partial charge is 0.245 e. The number of sulfonamides is 1. The molecule has 0 fully saturated rings. The van der Waals surface area contributed by atoms with E-state index >= 15 is 0 Å². The Morgan fingerprint density at radius 1 is 1.07 bits per heavy atom. The summed E-state index contributed by atoms with van der Waals surface area (Å²) in [6, 6.07) is 10.0. The van der Waals surface area contributed by atoms with Gasteiger partial charge in [-0.2, -0.15) is 5.10 Å². The molecule has 0 saturated carbocycles. The molecule has 0 saturated heterocycles. The Bertz CT molecular complexity index is 1290. The van der Waals surface area contributed by atoms with E-state index in [4.69, 9.17) is 0 Å². The van der Waals surface area contributed by atoms with Gasteiger partial charge in [0.1, 0.15) is 5.82 Å². The summed E-state index contributed by atoms with van der Waals surface area (Å²) < 4.78 is 41.0. The Labute approximate surface area is 161 Å². The molecule has 0 amide bonds. The van der Waals surface area contributed by atoms with Crippen LogP contribution in [0.4, 0.5) is 15.9 Å². The number of rotatable bonds is 3. The number of anilines is 2. The summed E-state index contributed by atoms with van der Waals surface area (Å²) >= 11 is 0. The molecule has 0 aliphatic carbocycles. The second kappa shape index (κ2) is 6.23. The minimum atomic E-state index is -3.94. The third-order valence-electron chi connectivity index (χ3n) is 4.41. The summed E-state index contributed by atoms with van der Waals surface area (Å²) in [7, 11) is -3.94. The summed E-state index contributed by atoms with van der Waals surface area (Å²) in [6.45, 7) is 4.81. The lowest BCUT2D eigenvalue weighted by atomic mass is 10.2. The van der Waals surface area contributed by atoms with Gasteiger partial charge in [-0.1, -0.05) is 18.2 Å². The van der Waals surface area contributed by atoms with Crippen LogP contribution in [0, 0.1) is 5.82 Å². The van der Waals surface area contributed by atoms with E-state index in [0.717, 1.165) is 10.5 Å².